The van der Waals surface area contributed by atoms with Gasteiger partial charge in [-0.05, 0) is 34.5 Å². The van der Waals surface area contributed by atoms with Crippen molar-refractivity contribution in [2.45, 2.75) is 25.9 Å². The van der Waals surface area contributed by atoms with Crippen molar-refractivity contribution in [3.63, 3.8) is 0 Å². The highest BCUT2D eigenvalue weighted by molar-refractivity contribution is 9.10. The molecule has 0 bridgehead atoms. The van der Waals surface area contributed by atoms with Crippen LogP contribution < -0.4 is 10.5 Å². The number of halogens is 3. The summed E-state index contributed by atoms with van der Waals surface area (Å²) in [7, 11) is 0. The number of hydrogen-bond acceptors (Lipinski definition) is 5. The SMILES string of the molecule is CCCc1nc(C(CO)Oc2ccc(F)c(C(N)=O)c2F)oc1Br. The van der Waals surface area contributed by atoms with Gasteiger partial charge in [0.25, 0.3) is 5.91 Å². The Labute approximate surface area is 144 Å². The number of hydrogen-bond donors (Lipinski definition) is 2. The molecular weight excluding hydrogens is 390 g/mol. The Hall–Kier alpha value is -2.00. The Morgan fingerprint density at radius 3 is 2.79 bits per heavy atom. The van der Waals surface area contributed by atoms with Crippen LogP contribution >= 0.6 is 15.9 Å². The number of aliphatic hydroxyl groups excluding tert-OH is 1. The molecule has 3 N–H and O–H groups in total. The van der Waals surface area contributed by atoms with Gasteiger partial charge in [-0.3, -0.25) is 4.79 Å². The van der Waals surface area contributed by atoms with Gasteiger partial charge in [-0.1, -0.05) is 13.3 Å². The average molecular weight is 405 g/mol. The molecule has 0 saturated heterocycles. The average Bonchev–Trinajstić information content (AvgIpc) is 2.88. The number of aryl methyl sites for hydroxylation is 1. The van der Waals surface area contributed by atoms with Gasteiger partial charge in [0.2, 0.25) is 5.89 Å². The lowest BCUT2D eigenvalue weighted by Gasteiger charge is -2.15. The van der Waals surface area contributed by atoms with Gasteiger partial charge in [0.1, 0.15) is 11.4 Å². The van der Waals surface area contributed by atoms with Crippen LogP contribution in [0.25, 0.3) is 0 Å². The van der Waals surface area contributed by atoms with E-state index in [9.17, 15) is 18.7 Å². The minimum absolute atomic E-state index is 0.0252. The molecule has 1 heterocycles. The van der Waals surface area contributed by atoms with Gasteiger partial charge in [0.05, 0.1) is 12.3 Å². The molecule has 1 atom stereocenters. The van der Waals surface area contributed by atoms with E-state index in [0.29, 0.717) is 16.8 Å². The molecule has 0 spiro atoms. The first-order chi connectivity index (χ1) is 11.4. The third-order valence-electron chi connectivity index (χ3n) is 3.17. The van der Waals surface area contributed by atoms with E-state index in [1.54, 1.807) is 0 Å². The quantitative estimate of drug-likeness (QED) is 0.738. The van der Waals surface area contributed by atoms with E-state index in [2.05, 4.69) is 20.9 Å². The maximum Gasteiger partial charge on any atom is 0.254 e. The molecule has 0 aliphatic rings. The van der Waals surface area contributed by atoms with Crippen molar-refractivity contribution in [3.8, 4) is 5.75 Å². The normalized spacial score (nSPS) is 12.2. The predicted molar refractivity (Wildman–Crippen MR) is 83.5 cm³/mol. The van der Waals surface area contributed by atoms with E-state index in [4.69, 9.17) is 14.9 Å². The zero-order chi connectivity index (χ0) is 17.9. The molecule has 0 fully saturated rings. The highest BCUT2D eigenvalue weighted by Gasteiger charge is 2.25. The number of nitrogens with two attached hydrogens (primary N) is 1. The summed E-state index contributed by atoms with van der Waals surface area (Å²) in [6.07, 6.45) is 0.329. The molecule has 2 aromatic rings. The van der Waals surface area contributed by atoms with Gasteiger partial charge < -0.3 is 20.0 Å². The van der Waals surface area contributed by atoms with Gasteiger partial charge in [0.15, 0.2) is 22.3 Å². The molecule has 9 heteroatoms. The number of benzene rings is 1. The summed E-state index contributed by atoms with van der Waals surface area (Å²) in [4.78, 5) is 15.3. The molecule has 2 rings (SSSR count). The number of ether oxygens (including phenoxy) is 1. The Morgan fingerprint density at radius 1 is 1.50 bits per heavy atom. The molecule has 6 nitrogen and oxygen atoms in total. The van der Waals surface area contributed by atoms with Crippen LogP contribution in [-0.4, -0.2) is 22.6 Å². The third kappa shape index (κ3) is 3.73. The van der Waals surface area contributed by atoms with Gasteiger partial charge in [-0.15, -0.1) is 0 Å². The second-order valence-electron chi connectivity index (χ2n) is 4.91. The lowest BCUT2D eigenvalue weighted by molar-refractivity contribution is 0.0880. The highest BCUT2D eigenvalue weighted by Crippen LogP contribution is 2.30. The van der Waals surface area contributed by atoms with Crippen LogP contribution in [0.4, 0.5) is 8.78 Å². The van der Waals surface area contributed by atoms with E-state index in [0.717, 1.165) is 18.6 Å². The van der Waals surface area contributed by atoms with E-state index in [1.165, 1.54) is 0 Å². The number of nitrogens with zero attached hydrogens (tertiary/aromatic N) is 1. The van der Waals surface area contributed by atoms with E-state index in [1.807, 2.05) is 6.92 Å². The fourth-order valence-electron chi connectivity index (χ4n) is 2.05. The number of oxazole rings is 1. The van der Waals surface area contributed by atoms with Crippen LogP contribution in [0.15, 0.2) is 21.2 Å². The third-order valence-corrected chi connectivity index (χ3v) is 3.79. The lowest BCUT2D eigenvalue weighted by atomic mass is 10.1. The molecular formula is C15H15BrF2N2O4. The zero-order valence-corrected chi connectivity index (χ0v) is 14.3. The van der Waals surface area contributed by atoms with E-state index in [-0.39, 0.29) is 5.89 Å². The number of primary amides is 1. The summed E-state index contributed by atoms with van der Waals surface area (Å²) < 4.78 is 38.7. The summed E-state index contributed by atoms with van der Waals surface area (Å²) in [6.45, 7) is 1.39. The summed E-state index contributed by atoms with van der Waals surface area (Å²) in [6, 6.07) is 1.84. The summed E-state index contributed by atoms with van der Waals surface area (Å²) in [5.74, 6) is -4.04. The van der Waals surface area contributed by atoms with Crippen LogP contribution in [0.3, 0.4) is 0 Å². The summed E-state index contributed by atoms with van der Waals surface area (Å²) >= 11 is 3.20. The number of rotatable bonds is 7. The topological polar surface area (TPSA) is 98.6 Å². The lowest BCUT2D eigenvalue weighted by Crippen LogP contribution is -2.18. The Bertz CT molecular complexity index is 751. The molecule has 0 saturated carbocycles. The molecule has 1 aromatic carbocycles. The molecule has 1 aromatic heterocycles. The predicted octanol–water partition coefficient (Wildman–Crippen LogP) is 2.88. The standard InChI is InChI=1S/C15H15BrF2N2O4/c1-2-3-8-13(16)24-15(20-8)10(6-21)23-9-5-4-7(17)11(12(9)18)14(19)22/h4-5,10,21H,2-3,6H2,1H3,(H2,19,22). The Balaban J connectivity index is 2.33. The zero-order valence-electron chi connectivity index (χ0n) is 12.7. The minimum Gasteiger partial charge on any atom is -0.475 e. The van der Waals surface area contributed by atoms with Gasteiger partial charge in [-0.2, -0.15) is 0 Å². The summed E-state index contributed by atoms with van der Waals surface area (Å²) in [5.41, 5.74) is 4.67. The molecule has 0 aliphatic heterocycles. The first-order valence-corrected chi connectivity index (χ1v) is 7.88. The largest absolute Gasteiger partial charge is 0.475 e. The van der Waals surface area contributed by atoms with Crippen LogP contribution in [0.2, 0.25) is 0 Å². The smallest absolute Gasteiger partial charge is 0.254 e. The number of aromatic nitrogens is 1. The van der Waals surface area contributed by atoms with Crippen molar-refractivity contribution in [1.82, 2.24) is 4.98 Å². The number of amides is 1. The maximum absolute atomic E-state index is 14.2. The number of carbonyl (C=O) groups excluding carboxylic acids is 1. The monoisotopic (exact) mass is 404 g/mol. The maximum atomic E-state index is 14.2. The second-order valence-corrected chi connectivity index (χ2v) is 5.63. The van der Waals surface area contributed by atoms with Crippen molar-refractivity contribution in [2.75, 3.05) is 6.61 Å². The van der Waals surface area contributed by atoms with Gasteiger partial charge in [-0.25, -0.2) is 13.8 Å². The van der Waals surface area contributed by atoms with Crippen molar-refractivity contribution < 1.29 is 27.8 Å². The van der Waals surface area contributed by atoms with Crippen molar-refractivity contribution in [2.24, 2.45) is 5.73 Å². The Morgan fingerprint density at radius 2 is 2.21 bits per heavy atom. The van der Waals surface area contributed by atoms with Gasteiger partial charge in [0, 0.05) is 0 Å². The fourth-order valence-corrected chi connectivity index (χ4v) is 2.50. The van der Waals surface area contributed by atoms with Crippen LogP contribution in [0, 0.1) is 11.6 Å². The van der Waals surface area contributed by atoms with Gasteiger partial charge >= 0.3 is 0 Å². The van der Waals surface area contributed by atoms with E-state index < -0.39 is 41.6 Å². The highest BCUT2D eigenvalue weighted by atomic mass is 79.9. The first-order valence-electron chi connectivity index (χ1n) is 7.09. The number of carbonyl (C=O) groups is 1. The first kappa shape index (κ1) is 18.3. The van der Waals surface area contributed by atoms with Crippen LogP contribution in [-0.2, 0) is 6.42 Å². The second kappa shape index (κ2) is 7.71. The van der Waals surface area contributed by atoms with Crippen LogP contribution in [0.1, 0.15) is 41.4 Å². The molecule has 1 amide bonds. The molecule has 130 valence electrons. The van der Waals surface area contributed by atoms with Crippen molar-refractivity contribution >= 4 is 21.8 Å². The Kier molecular flexibility index (Phi) is 5.89. The molecule has 24 heavy (non-hydrogen) atoms. The van der Waals surface area contributed by atoms with Crippen LogP contribution in [0.5, 0.6) is 5.75 Å². The number of aliphatic hydroxyl groups is 1. The summed E-state index contributed by atoms with van der Waals surface area (Å²) in [5, 5.41) is 9.47. The molecule has 0 aliphatic carbocycles. The minimum atomic E-state index is -1.26. The molecule has 0 radical (unpaired) electrons. The van der Waals surface area contributed by atoms with E-state index >= 15 is 0 Å². The van der Waals surface area contributed by atoms with Crippen molar-refractivity contribution in [3.05, 3.63) is 45.6 Å². The van der Waals surface area contributed by atoms with Crippen molar-refractivity contribution in [1.29, 1.82) is 0 Å². The fraction of sp³-hybridized carbons (Fsp3) is 0.333. The molecule has 1 unspecified atom stereocenters.